The molecule has 3 heteroatoms. The summed E-state index contributed by atoms with van der Waals surface area (Å²) in [5.41, 5.74) is 2.68. The van der Waals surface area contributed by atoms with Gasteiger partial charge in [0.05, 0.1) is 6.26 Å². The number of benzene rings is 1. The molecule has 0 aliphatic carbocycles. The number of aliphatic hydroxyl groups is 1. The molecule has 0 saturated carbocycles. The lowest BCUT2D eigenvalue weighted by atomic mass is 10.00. The number of aliphatic hydroxyl groups excluding tert-OH is 1. The van der Waals surface area contributed by atoms with Gasteiger partial charge in [-0.3, -0.25) is 0 Å². The van der Waals surface area contributed by atoms with Gasteiger partial charge in [0.15, 0.2) is 0 Å². The Morgan fingerprint density at radius 2 is 2.00 bits per heavy atom. The van der Waals surface area contributed by atoms with Crippen LogP contribution in [0, 0.1) is 19.7 Å². The molecule has 2 nitrogen and oxygen atoms in total. The molecule has 1 heterocycles. The third-order valence-electron chi connectivity index (χ3n) is 2.93. The van der Waals surface area contributed by atoms with Crippen molar-refractivity contribution in [1.82, 2.24) is 0 Å². The van der Waals surface area contributed by atoms with E-state index in [-0.39, 0.29) is 5.82 Å². The Morgan fingerprint density at radius 3 is 2.65 bits per heavy atom. The highest BCUT2D eigenvalue weighted by molar-refractivity contribution is 5.28. The van der Waals surface area contributed by atoms with Crippen LogP contribution in [0.4, 0.5) is 4.39 Å². The molecule has 1 aromatic heterocycles. The average Bonchev–Trinajstić information content (AvgIpc) is 2.70. The highest BCUT2D eigenvalue weighted by Gasteiger charge is 2.15. The van der Waals surface area contributed by atoms with Crippen LogP contribution < -0.4 is 0 Å². The van der Waals surface area contributed by atoms with Gasteiger partial charge in [0.25, 0.3) is 0 Å². The van der Waals surface area contributed by atoms with E-state index in [1.807, 2.05) is 13.8 Å². The molecule has 0 spiro atoms. The van der Waals surface area contributed by atoms with E-state index in [0.29, 0.717) is 12.2 Å². The molecular weight excluding hydrogens is 219 g/mol. The minimum absolute atomic E-state index is 0.283. The Labute approximate surface area is 99.7 Å². The lowest BCUT2D eigenvalue weighted by molar-refractivity contribution is 0.149. The molecule has 0 radical (unpaired) electrons. The van der Waals surface area contributed by atoms with Gasteiger partial charge in [-0.05, 0) is 48.7 Å². The van der Waals surface area contributed by atoms with Crippen molar-refractivity contribution < 1.29 is 13.9 Å². The van der Waals surface area contributed by atoms with Crippen molar-refractivity contribution >= 4 is 0 Å². The van der Waals surface area contributed by atoms with Crippen molar-refractivity contribution in [2.75, 3.05) is 0 Å². The Balaban J connectivity index is 2.21. The highest BCUT2D eigenvalue weighted by Crippen LogP contribution is 2.24. The summed E-state index contributed by atoms with van der Waals surface area (Å²) in [6.45, 7) is 3.77. The van der Waals surface area contributed by atoms with Crippen LogP contribution in [-0.2, 0) is 6.42 Å². The van der Waals surface area contributed by atoms with Crippen LogP contribution in [-0.4, -0.2) is 5.11 Å². The van der Waals surface area contributed by atoms with Crippen molar-refractivity contribution in [1.29, 1.82) is 0 Å². The van der Waals surface area contributed by atoms with Crippen molar-refractivity contribution in [3.63, 3.8) is 0 Å². The Hall–Kier alpha value is -1.61. The molecule has 0 aliphatic rings. The van der Waals surface area contributed by atoms with Gasteiger partial charge in [0.1, 0.15) is 17.7 Å². The van der Waals surface area contributed by atoms with Gasteiger partial charge in [-0.2, -0.15) is 0 Å². The summed E-state index contributed by atoms with van der Waals surface area (Å²) in [5, 5.41) is 10.0. The van der Waals surface area contributed by atoms with Gasteiger partial charge in [-0.15, -0.1) is 0 Å². The van der Waals surface area contributed by atoms with Gasteiger partial charge in [-0.25, -0.2) is 4.39 Å². The number of hydrogen-bond acceptors (Lipinski definition) is 2. The molecule has 1 aromatic carbocycles. The van der Waals surface area contributed by atoms with Gasteiger partial charge in [0, 0.05) is 6.42 Å². The Morgan fingerprint density at radius 1 is 1.24 bits per heavy atom. The third kappa shape index (κ3) is 2.56. The third-order valence-corrected chi connectivity index (χ3v) is 2.93. The first-order valence-corrected chi connectivity index (χ1v) is 5.55. The van der Waals surface area contributed by atoms with Crippen LogP contribution in [0.3, 0.4) is 0 Å². The molecule has 2 aromatic rings. The number of furan rings is 1. The lowest BCUT2D eigenvalue weighted by Crippen LogP contribution is -2.03. The van der Waals surface area contributed by atoms with E-state index in [2.05, 4.69) is 0 Å². The maximum Gasteiger partial charge on any atom is 0.135 e. The monoisotopic (exact) mass is 234 g/mol. The zero-order valence-electron chi connectivity index (χ0n) is 9.90. The Bertz CT molecular complexity index is 517. The smallest absolute Gasteiger partial charge is 0.135 e. The second-order valence-electron chi connectivity index (χ2n) is 4.26. The predicted octanol–water partition coefficient (Wildman–Crippen LogP) is 3.31. The van der Waals surface area contributed by atoms with Gasteiger partial charge >= 0.3 is 0 Å². The van der Waals surface area contributed by atoms with Crippen molar-refractivity contribution in [2.24, 2.45) is 0 Å². The molecule has 0 amide bonds. The van der Waals surface area contributed by atoms with E-state index in [0.717, 1.165) is 16.7 Å². The number of rotatable bonds is 3. The number of hydrogen-bond donors (Lipinski definition) is 1. The van der Waals surface area contributed by atoms with E-state index in [1.165, 1.54) is 12.1 Å². The minimum atomic E-state index is -0.731. The summed E-state index contributed by atoms with van der Waals surface area (Å²) in [7, 11) is 0. The standard InChI is InChI=1S/C14H15FO2/c1-9-3-4-12(15)7-11(9)8-13(16)14-10(2)5-6-17-14/h3-7,13,16H,8H2,1-2H3. The van der Waals surface area contributed by atoms with Gasteiger partial charge < -0.3 is 9.52 Å². The first kappa shape index (κ1) is 11.9. The molecule has 0 saturated heterocycles. The molecule has 0 bridgehead atoms. The molecule has 0 aliphatic heterocycles. The summed E-state index contributed by atoms with van der Waals surface area (Å²) in [4.78, 5) is 0. The molecule has 2 rings (SSSR count). The molecule has 1 atom stereocenters. The fraction of sp³-hybridized carbons (Fsp3) is 0.286. The van der Waals surface area contributed by atoms with Crippen molar-refractivity contribution in [3.05, 3.63) is 58.8 Å². The lowest BCUT2D eigenvalue weighted by Gasteiger charge is -2.11. The molecule has 0 fully saturated rings. The van der Waals surface area contributed by atoms with Gasteiger partial charge in [-0.1, -0.05) is 6.07 Å². The molecule has 17 heavy (non-hydrogen) atoms. The SMILES string of the molecule is Cc1ccc(F)cc1CC(O)c1occc1C. The summed E-state index contributed by atoms with van der Waals surface area (Å²) in [6, 6.07) is 6.39. The zero-order chi connectivity index (χ0) is 12.4. The quantitative estimate of drug-likeness (QED) is 0.883. The molecule has 90 valence electrons. The maximum atomic E-state index is 13.1. The van der Waals surface area contributed by atoms with Crippen LogP contribution >= 0.6 is 0 Å². The van der Waals surface area contributed by atoms with Crippen LogP contribution in [0.25, 0.3) is 0 Å². The topological polar surface area (TPSA) is 33.4 Å². The van der Waals surface area contributed by atoms with Crippen molar-refractivity contribution in [2.45, 2.75) is 26.4 Å². The summed E-state index contributed by atoms with van der Waals surface area (Å²) in [5.74, 6) is 0.266. The van der Waals surface area contributed by atoms with E-state index in [4.69, 9.17) is 4.42 Å². The Kier molecular flexibility index (Phi) is 3.29. The normalized spacial score (nSPS) is 12.7. The molecular formula is C14H15FO2. The van der Waals surface area contributed by atoms with E-state index >= 15 is 0 Å². The van der Waals surface area contributed by atoms with Gasteiger partial charge in [0.2, 0.25) is 0 Å². The fourth-order valence-corrected chi connectivity index (χ4v) is 1.89. The number of aryl methyl sites for hydroxylation is 2. The second-order valence-corrected chi connectivity index (χ2v) is 4.26. The predicted molar refractivity (Wildman–Crippen MR) is 63.2 cm³/mol. The summed E-state index contributed by atoms with van der Waals surface area (Å²) >= 11 is 0. The van der Waals surface area contributed by atoms with E-state index in [1.54, 1.807) is 18.4 Å². The first-order valence-electron chi connectivity index (χ1n) is 5.55. The van der Waals surface area contributed by atoms with Crippen LogP contribution in [0.15, 0.2) is 34.9 Å². The van der Waals surface area contributed by atoms with Crippen LogP contribution in [0.2, 0.25) is 0 Å². The second kappa shape index (κ2) is 4.72. The fourth-order valence-electron chi connectivity index (χ4n) is 1.89. The maximum absolute atomic E-state index is 13.1. The first-order chi connectivity index (χ1) is 8.08. The van der Waals surface area contributed by atoms with E-state index < -0.39 is 6.10 Å². The highest BCUT2D eigenvalue weighted by atomic mass is 19.1. The van der Waals surface area contributed by atoms with Crippen LogP contribution in [0.5, 0.6) is 0 Å². The molecule has 1 unspecified atom stereocenters. The zero-order valence-corrected chi connectivity index (χ0v) is 9.90. The summed E-state index contributed by atoms with van der Waals surface area (Å²) < 4.78 is 18.3. The van der Waals surface area contributed by atoms with Crippen LogP contribution in [0.1, 0.15) is 28.6 Å². The summed E-state index contributed by atoms with van der Waals surface area (Å²) in [6.07, 6.45) is 1.18. The van der Waals surface area contributed by atoms with E-state index in [9.17, 15) is 9.50 Å². The largest absolute Gasteiger partial charge is 0.466 e. The number of halogens is 1. The molecule has 1 N–H and O–H groups in total. The van der Waals surface area contributed by atoms with Crippen molar-refractivity contribution in [3.8, 4) is 0 Å². The average molecular weight is 234 g/mol. The minimum Gasteiger partial charge on any atom is -0.466 e.